The smallest absolute Gasteiger partial charge is 0.227 e. The highest BCUT2D eigenvalue weighted by molar-refractivity contribution is 6.30. The number of para-hydroxylation sites is 1. The molecule has 0 aromatic heterocycles. The number of rotatable bonds is 3. The molecule has 4 rings (SSSR count). The molecule has 2 aliphatic rings. The van der Waals surface area contributed by atoms with Crippen LogP contribution in [-0.2, 0) is 10.2 Å². The monoisotopic (exact) mass is 369 g/mol. The summed E-state index contributed by atoms with van der Waals surface area (Å²) in [6, 6.07) is 15.7. The van der Waals surface area contributed by atoms with Crippen molar-refractivity contribution in [2.75, 3.05) is 11.9 Å². The molecule has 1 saturated carbocycles. The molecule has 0 bridgehead atoms. The summed E-state index contributed by atoms with van der Waals surface area (Å²) < 4.78 is 5.93. The van der Waals surface area contributed by atoms with Crippen LogP contribution in [0.4, 0.5) is 5.69 Å². The highest BCUT2D eigenvalue weighted by atomic mass is 35.5. The van der Waals surface area contributed by atoms with Gasteiger partial charge in [0.1, 0.15) is 5.75 Å². The zero-order chi connectivity index (χ0) is 18.1. The van der Waals surface area contributed by atoms with Crippen LogP contribution in [0.3, 0.4) is 0 Å². The summed E-state index contributed by atoms with van der Waals surface area (Å²) in [6.45, 7) is 2.83. The highest BCUT2D eigenvalue weighted by Crippen LogP contribution is 2.50. The van der Waals surface area contributed by atoms with E-state index in [0.29, 0.717) is 10.9 Å². The van der Waals surface area contributed by atoms with E-state index in [1.54, 1.807) is 12.1 Å². The Hall–Kier alpha value is -2.00. The van der Waals surface area contributed by atoms with Crippen LogP contribution < -0.4 is 10.1 Å². The largest absolute Gasteiger partial charge is 0.492 e. The van der Waals surface area contributed by atoms with Gasteiger partial charge in [0.25, 0.3) is 0 Å². The van der Waals surface area contributed by atoms with Crippen LogP contribution in [0, 0.1) is 11.8 Å². The van der Waals surface area contributed by atoms with Crippen molar-refractivity contribution in [3.8, 4) is 5.75 Å². The summed E-state index contributed by atoms with van der Waals surface area (Å²) in [4.78, 5) is 12.6. The number of fused-ring (bicyclic) bond motifs is 2. The maximum atomic E-state index is 12.6. The van der Waals surface area contributed by atoms with E-state index in [4.69, 9.17) is 16.3 Å². The Labute approximate surface area is 159 Å². The first kappa shape index (κ1) is 17.4. The first-order chi connectivity index (χ1) is 12.6. The van der Waals surface area contributed by atoms with Crippen LogP contribution in [-0.4, -0.2) is 12.5 Å². The van der Waals surface area contributed by atoms with Gasteiger partial charge in [-0.15, -0.1) is 0 Å². The van der Waals surface area contributed by atoms with Crippen molar-refractivity contribution in [3.63, 3.8) is 0 Å². The summed E-state index contributed by atoms with van der Waals surface area (Å²) in [5, 5.41) is 3.69. The Kier molecular flexibility index (Phi) is 4.66. The summed E-state index contributed by atoms with van der Waals surface area (Å²) >= 11 is 5.90. The number of carbonyl (C=O) groups excluding carboxylic acids is 1. The zero-order valence-corrected chi connectivity index (χ0v) is 15.8. The second-order valence-corrected chi connectivity index (χ2v) is 8.12. The molecule has 3 nitrogen and oxygen atoms in total. The summed E-state index contributed by atoms with van der Waals surface area (Å²) in [7, 11) is 0. The van der Waals surface area contributed by atoms with Crippen molar-refractivity contribution in [1.29, 1.82) is 0 Å². The van der Waals surface area contributed by atoms with Crippen molar-refractivity contribution in [1.82, 2.24) is 0 Å². The number of hydrogen-bond acceptors (Lipinski definition) is 2. The predicted octanol–water partition coefficient (Wildman–Crippen LogP) is 5.44. The van der Waals surface area contributed by atoms with E-state index in [2.05, 4.69) is 23.5 Å². The van der Waals surface area contributed by atoms with Crippen molar-refractivity contribution in [2.24, 2.45) is 11.8 Å². The van der Waals surface area contributed by atoms with Crippen molar-refractivity contribution >= 4 is 23.2 Å². The maximum absolute atomic E-state index is 12.6. The Bertz CT molecular complexity index is 794. The lowest BCUT2D eigenvalue weighted by Crippen LogP contribution is -2.37. The van der Waals surface area contributed by atoms with Crippen LogP contribution in [0.5, 0.6) is 5.75 Å². The van der Waals surface area contributed by atoms with Crippen LogP contribution in [0.1, 0.15) is 38.2 Å². The second kappa shape index (κ2) is 6.96. The van der Waals surface area contributed by atoms with Crippen LogP contribution in [0.2, 0.25) is 5.02 Å². The van der Waals surface area contributed by atoms with Gasteiger partial charge in [-0.2, -0.15) is 0 Å². The maximum Gasteiger partial charge on any atom is 0.227 e. The molecule has 2 aromatic rings. The number of ether oxygens (including phenoxy) is 1. The Morgan fingerprint density at radius 3 is 2.58 bits per heavy atom. The number of halogens is 1. The SMILES string of the molecule is C[C@@H](C(=O)Nc1ccc(Cl)cc1)C1CCC2(CC1)COc1ccccc12. The summed E-state index contributed by atoms with van der Waals surface area (Å²) in [6.07, 6.45) is 4.31. The third-order valence-electron chi connectivity index (χ3n) is 6.18. The fourth-order valence-corrected chi connectivity index (χ4v) is 4.56. The number of benzene rings is 2. The van der Waals surface area contributed by atoms with Crippen molar-refractivity contribution in [2.45, 2.75) is 38.0 Å². The molecule has 4 heteroatoms. The van der Waals surface area contributed by atoms with E-state index in [1.807, 2.05) is 25.1 Å². The minimum absolute atomic E-state index is 0.000549. The fraction of sp³-hybridized carbons (Fsp3) is 0.409. The second-order valence-electron chi connectivity index (χ2n) is 7.69. The van der Waals surface area contributed by atoms with Crippen LogP contribution in [0.15, 0.2) is 48.5 Å². The number of carbonyl (C=O) groups is 1. The van der Waals surface area contributed by atoms with Crippen molar-refractivity contribution < 1.29 is 9.53 Å². The normalized spacial score (nSPS) is 25.4. The van der Waals surface area contributed by atoms with E-state index in [1.165, 1.54) is 5.56 Å². The molecule has 0 radical (unpaired) electrons. The molecule has 26 heavy (non-hydrogen) atoms. The molecular weight excluding hydrogens is 346 g/mol. The molecular formula is C22H24ClNO2. The van der Waals surface area contributed by atoms with Gasteiger partial charge in [0, 0.05) is 27.6 Å². The predicted molar refractivity (Wildman–Crippen MR) is 105 cm³/mol. The number of amides is 1. The zero-order valence-electron chi connectivity index (χ0n) is 15.0. The number of anilines is 1. The van der Waals surface area contributed by atoms with Gasteiger partial charge in [0.15, 0.2) is 0 Å². The quantitative estimate of drug-likeness (QED) is 0.782. The van der Waals surface area contributed by atoms with E-state index >= 15 is 0 Å². The fourth-order valence-electron chi connectivity index (χ4n) is 4.43. The van der Waals surface area contributed by atoms with Gasteiger partial charge in [0.05, 0.1) is 6.61 Å². The van der Waals surface area contributed by atoms with Gasteiger partial charge in [-0.3, -0.25) is 4.79 Å². The van der Waals surface area contributed by atoms with E-state index < -0.39 is 0 Å². The minimum Gasteiger partial charge on any atom is -0.492 e. The molecule has 1 fully saturated rings. The van der Waals surface area contributed by atoms with Gasteiger partial charge >= 0.3 is 0 Å². The van der Waals surface area contributed by atoms with E-state index in [9.17, 15) is 4.79 Å². The molecule has 1 atom stereocenters. The molecule has 1 aliphatic heterocycles. The Morgan fingerprint density at radius 2 is 1.85 bits per heavy atom. The third-order valence-corrected chi connectivity index (χ3v) is 6.43. The lowest BCUT2D eigenvalue weighted by atomic mass is 9.65. The molecule has 1 spiro atoms. The first-order valence-corrected chi connectivity index (χ1v) is 9.74. The average Bonchev–Trinajstić information content (AvgIpc) is 3.02. The Morgan fingerprint density at radius 1 is 1.15 bits per heavy atom. The molecule has 1 amide bonds. The van der Waals surface area contributed by atoms with Gasteiger partial charge in [-0.05, 0) is 61.9 Å². The topological polar surface area (TPSA) is 38.3 Å². The molecule has 1 aliphatic carbocycles. The third kappa shape index (κ3) is 3.21. The lowest BCUT2D eigenvalue weighted by Gasteiger charge is -2.38. The molecule has 2 aromatic carbocycles. The Balaban J connectivity index is 1.38. The number of nitrogens with one attached hydrogen (secondary N) is 1. The molecule has 1 N–H and O–H groups in total. The highest BCUT2D eigenvalue weighted by Gasteiger charge is 2.44. The molecule has 136 valence electrons. The lowest BCUT2D eigenvalue weighted by molar-refractivity contribution is -0.121. The minimum atomic E-state index is 0.000549. The molecule has 0 unspecified atom stereocenters. The van der Waals surface area contributed by atoms with Crippen LogP contribution in [0.25, 0.3) is 0 Å². The summed E-state index contributed by atoms with van der Waals surface area (Å²) in [5.74, 6) is 1.55. The van der Waals surface area contributed by atoms with E-state index in [0.717, 1.165) is 43.7 Å². The van der Waals surface area contributed by atoms with Crippen molar-refractivity contribution in [3.05, 3.63) is 59.1 Å². The summed E-state index contributed by atoms with van der Waals surface area (Å²) in [5.41, 5.74) is 2.31. The standard InChI is InChI=1S/C22H24ClNO2/c1-15(21(25)24-18-8-6-17(23)7-9-18)16-10-12-22(13-11-16)14-26-20-5-3-2-4-19(20)22/h2-9,15-16H,10-14H2,1H3,(H,24,25)/t15-,16?,22?/m1/s1. The van der Waals surface area contributed by atoms with Gasteiger partial charge in [0.2, 0.25) is 5.91 Å². The average molecular weight is 370 g/mol. The number of hydrogen-bond donors (Lipinski definition) is 1. The molecule has 0 saturated heterocycles. The van der Waals surface area contributed by atoms with Gasteiger partial charge < -0.3 is 10.1 Å². The van der Waals surface area contributed by atoms with Gasteiger partial charge in [-0.1, -0.05) is 36.7 Å². The van der Waals surface area contributed by atoms with E-state index in [-0.39, 0.29) is 17.2 Å². The van der Waals surface area contributed by atoms with Gasteiger partial charge in [-0.25, -0.2) is 0 Å². The molecule has 1 heterocycles. The van der Waals surface area contributed by atoms with Crippen LogP contribution >= 0.6 is 11.6 Å². The first-order valence-electron chi connectivity index (χ1n) is 9.36.